The van der Waals surface area contributed by atoms with Gasteiger partial charge in [0.15, 0.2) is 0 Å². The number of hydrogen-bond donors (Lipinski definition) is 1. The Bertz CT molecular complexity index is 430. The molecule has 1 aliphatic heterocycles. The van der Waals surface area contributed by atoms with E-state index in [1.165, 1.54) is 29.5 Å². The first-order chi connectivity index (χ1) is 10.2. The molecule has 0 saturated carbocycles. The Kier molecular flexibility index (Phi) is 6.07. The van der Waals surface area contributed by atoms with E-state index >= 15 is 0 Å². The predicted octanol–water partition coefficient (Wildman–Crippen LogP) is 3.78. The average molecular weight is 291 g/mol. The molecule has 118 valence electrons. The van der Waals surface area contributed by atoms with Crippen LogP contribution in [0.15, 0.2) is 12.1 Å². The maximum absolute atomic E-state index is 5.71. The Morgan fingerprint density at radius 2 is 2.05 bits per heavy atom. The second kappa shape index (κ2) is 7.81. The lowest BCUT2D eigenvalue weighted by Gasteiger charge is -2.32. The highest BCUT2D eigenvalue weighted by Crippen LogP contribution is 2.33. The zero-order valence-corrected chi connectivity index (χ0v) is 13.9. The highest BCUT2D eigenvalue weighted by Gasteiger charge is 2.26. The Morgan fingerprint density at radius 3 is 2.57 bits per heavy atom. The third kappa shape index (κ3) is 3.98. The summed E-state index contributed by atoms with van der Waals surface area (Å²) in [7, 11) is 1.75. The van der Waals surface area contributed by atoms with Crippen LogP contribution in [0.2, 0.25) is 0 Å². The van der Waals surface area contributed by atoms with E-state index in [2.05, 4.69) is 38.2 Å². The Labute approximate surface area is 129 Å². The van der Waals surface area contributed by atoms with E-state index in [-0.39, 0.29) is 0 Å². The molecule has 1 aliphatic rings. The molecule has 0 amide bonds. The van der Waals surface area contributed by atoms with E-state index in [9.17, 15) is 0 Å². The fourth-order valence-corrected chi connectivity index (χ4v) is 3.37. The summed E-state index contributed by atoms with van der Waals surface area (Å²) in [6, 6.07) is 4.93. The van der Waals surface area contributed by atoms with Crippen molar-refractivity contribution in [3.8, 4) is 5.75 Å². The van der Waals surface area contributed by atoms with Crippen molar-refractivity contribution in [2.75, 3.05) is 26.9 Å². The van der Waals surface area contributed by atoms with Crippen molar-refractivity contribution < 1.29 is 9.47 Å². The van der Waals surface area contributed by atoms with Gasteiger partial charge >= 0.3 is 0 Å². The molecule has 1 saturated heterocycles. The topological polar surface area (TPSA) is 30.5 Å². The zero-order chi connectivity index (χ0) is 15.2. The molecule has 0 aromatic heterocycles. The van der Waals surface area contributed by atoms with Crippen LogP contribution in [0.25, 0.3) is 0 Å². The number of methoxy groups -OCH3 is 1. The Balaban J connectivity index is 2.26. The van der Waals surface area contributed by atoms with Gasteiger partial charge in [0.2, 0.25) is 0 Å². The molecule has 0 aliphatic carbocycles. The van der Waals surface area contributed by atoms with E-state index in [0.29, 0.717) is 12.0 Å². The molecule has 0 spiro atoms. The summed E-state index contributed by atoms with van der Waals surface area (Å²) < 4.78 is 11.2. The first kappa shape index (κ1) is 16.3. The first-order valence-electron chi connectivity index (χ1n) is 8.13. The fourth-order valence-electron chi connectivity index (χ4n) is 3.37. The number of rotatable bonds is 6. The standard InChI is InChI=1S/C18H29NO2/c1-5-8-19-17(15-7-6-9-21-12-15)16-10-13(2)18(20-4)14(3)11-16/h10-11,15,17,19H,5-9,12H2,1-4H3. The fraction of sp³-hybridized carbons (Fsp3) is 0.667. The SMILES string of the molecule is CCCNC(c1cc(C)c(OC)c(C)c1)C1CCCOC1. The summed E-state index contributed by atoms with van der Waals surface area (Å²) in [5.74, 6) is 1.57. The predicted molar refractivity (Wildman–Crippen MR) is 87.0 cm³/mol. The summed E-state index contributed by atoms with van der Waals surface area (Å²) in [5, 5.41) is 3.73. The molecule has 1 aromatic carbocycles. The van der Waals surface area contributed by atoms with Crippen LogP contribution < -0.4 is 10.1 Å². The number of nitrogens with one attached hydrogen (secondary N) is 1. The van der Waals surface area contributed by atoms with Crippen LogP contribution in [0.4, 0.5) is 0 Å². The first-order valence-corrected chi connectivity index (χ1v) is 8.13. The van der Waals surface area contributed by atoms with Crippen LogP contribution in [-0.4, -0.2) is 26.9 Å². The molecule has 0 bridgehead atoms. The Hall–Kier alpha value is -1.06. The van der Waals surface area contributed by atoms with Crippen LogP contribution in [0, 0.1) is 19.8 Å². The quantitative estimate of drug-likeness (QED) is 0.865. The largest absolute Gasteiger partial charge is 0.496 e. The summed E-state index contributed by atoms with van der Waals surface area (Å²) in [4.78, 5) is 0. The minimum Gasteiger partial charge on any atom is -0.496 e. The van der Waals surface area contributed by atoms with Crippen molar-refractivity contribution >= 4 is 0 Å². The molecule has 1 heterocycles. The normalized spacial score (nSPS) is 20.3. The van der Waals surface area contributed by atoms with Gasteiger partial charge < -0.3 is 14.8 Å². The summed E-state index contributed by atoms with van der Waals surface area (Å²) >= 11 is 0. The zero-order valence-electron chi connectivity index (χ0n) is 13.9. The summed E-state index contributed by atoms with van der Waals surface area (Å²) in [6.07, 6.45) is 3.56. The van der Waals surface area contributed by atoms with E-state index < -0.39 is 0 Å². The van der Waals surface area contributed by atoms with Crippen molar-refractivity contribution in [3.05, 3.63) is 28.8 Å². The number of ether oxygens (including phenoxy) is 2. The lowest BCUT2D eigenvalue weighted by Crippen LogP contribution is -2.34. The van der Waals surface area contributed by atoms with Gasteiger partial charge in [-0.3, -0.25) is 0 Å². The van der Waals surface area contributed by atoms with Gasteiger partial charge in [-0.05, 0) is 56.3 Å². The molecule has 1 fully saturated rings. The van der Waals surface area contributed by atoms with Crippen LogP contribution in [-0.2, 0) is 4.74 Å². The van der Waals surface area contributed by atoms with Crippen molar-refractivity contribution in [2.45, 2.75) is 46.1 Å². The van der Waals surface area contributed by atoms with E-state index in [4.69, 9.17) is 9.47 Å². The molecule has 0 radical (unpaired) electrons. The Morgan fingerprint density at radius 1 is 1.33 bits per heavy atom. The molecule has 2 atom stereocenters. The summed E-state index contributed by atoms with van der Waals surface area (Å²) in [6.45, 7) is 9.30. The maximum Gasteiger partial charge on any atom is 0.124 e. The van der Waals surface area contributed by atoms with E-state index in [1.807, 2.05) is 0 Å². The minimum absolute atomic E-state index is 0.383. The molecule has 1 N–H and O–H groups in total. The lowest BCUT2D eigenvalue weighted by atomic mass is 9.87. The molecular formula is C18H29NO2. The number of aryl methyl sites for hydroxylation is 2. The second-order valence-electron chi connectivity index (χ2n) is 6.10. The second-order valence-corrected chi connectivity index (χ2v) is 6.10. The van der Waals surface area contributed by atoms with Gasteiger partial charge in [-0.2, -0.15) is 0 Å². The van der Waals surface area contributed by atoms with Gasteiger partial charge in [-0.1, -0.05) is 19.1 Å². The third-order valence-corrected chi connectivity index (χ3v) is 4.33. The number of hydrogen-bond acceptors (Lipinski definition) is 3. The molecule has 21 heavy (non-hydrogen) atoms. The van der Waals surface area contributed by atoms with Gasteiger partial charge in [0.1, 0.15) is 5.75 Å². The lowest BCUT2D eigenvalue weighted by molar-refractivity contribution is 0.0390. The van der Waals surface area contributed by atoms with Crippen molar-refractivity contribution in [1.29, 1.82) is 0 Å². The van der Waals surface area contributed by atoms with Crippen LogP contribution in [0.5, 0.6) is 5.75 Å². The number of benzene rings is 1. The molecule has 2 rings (SSSR count). The summed E-state index contributed by atoms with van der Waals surface area (Å²) in [5.41, 5.74) is 3.80. The average Bonchev–Trinajstić information content (AvgIpc) is 2.48. The molecule has 1 aromatic rings. The molecular weight excluding hydrogens is 262 g/mol. The molecule has 3 nitrogen and oxygen atoms in total. The maximum atomic E-state index is 5.71. The van der Waals surface area contributed by atoms with Crippen LogP contribution in [0.3, 0.4) is 0 Å². The van der Waals surface area contributed by atoms with Gasteiger partial charge in [0.05, 0.1) is 13.7 Å². The van der Waals surface area contributed by atoms with Crippen LogP contribution in [0.1, 0.15) is 48.9 Å². The van der Waals surface area contributed by atoms with Crippen LogP contribution >= 0.6 is 0 Å². The van der Waals surface area contributed by atoms with Gasteiger partial charge in [0, 0.05) is 18.6 Å². The van der Waals surface area contributed by atoms with Crippen molar-refractivity contribution in [1.82, 2.24) is 5.32 Å². The van der Waals surface area contributed by atoms with Gasteiger partial charge in [0.25, 0.3) is 0 Å². The highest BCUT2D eigenvalue weighted by atomic mass is 16.5. The third-order valence-electron chi connectivity index (χ3n) is 4.33. The molecule has 3 heteroatoms. The molecule has 2 unspecified atom stereocenters. The van der Waals surface area contributed by atoms with E-state index in [0.717, 1.165) is 31.9 Å². The highest BCUT2D eigenvalue weighted by molar-refractivity contribution is 5.44. The monoisotopic (exact) mass is 291 g/mol. The van der Waals surface area contributed by atoms with Gasteiger partial charge in [-0.25, -0.2) is 0 Å². The van der Waals surface area contributed by atoms with Crippen molar-refractivity contribution in [2.24, 2.45) is 5.92 Å². The van der Waals surface area contributed by atoms with Gasteiger partial charge in [-0.15, -0.1) is 0 Å². The van der Waals surface area contributed by atoms with Crippen molar-refractivity contribution in [3.63, 3.8) is 0 Å². The minimum atomic E-state index is 0.383. The smallest absolute Gasteiger partial charge is 0.124 e. The van der Waals surface area contributed by atoms with E-state index in [1.54, 1.807) is 7.11 Å².